The first kappa shape index (κ1) is 14.2. The van der Waals surface area contributed by atoms with E-state index in [1.807, 2.05) is 19.1 Å². The van der Waals surface area contributed by atoms with E-state index >= 15 is 0 Å². The summed E-state index contributed by atoms with van der Waals surface area (Å²) in [5.41, 5.74) is 2.09. The molecule has 0 fully saturated rings. The topological polar surface area (TPSA) is 21.3 Å². The lowest BCUT2D eigenvalue weighted by Crippen LogP contribution is -2.05. The smallest absolute Gasteiger partial charge is 0.143 e. The zero-order chi connectivity index (χ0) is 12.8. The summed E-state index contributed by atoms with van der Waals surface area (Å²) in [6.07, 6.45) is 2.41. The lowest BCUT2D eigenvalue weighted by molar-refractivity contribution is 0.416. The second-order valence-corrected chi connectivity index (χ2v) is 5.17. The first-order chi connectivity index (χ1) is 8.04. The molecule has 0 atom stereocenters. The van der Waals surface area contributed by atoms with Gasteiger partial charge in [-0.25, -0.2) is 0 Å². The van der Waals surface area contributed by atoms with Crippen molar-refractivity contribution in [3.8, 4) is 5.75 Å². The third-order valence-corrected chi connectivity index (χ3v) is 3.16. The molecular weight excluding hydrogens is 234 g/mol. The van der Waals surface area contributed by atoms with E-state index < -0.39 is 0 Å². The van der Waals surface area contributed by atoms with E-state index in [0.717, 1.165) is 34.5 Å². The molecule has 1 N–H and O–H groups in total. The Morgan fingerprint density at radius 3 is 2.65 bits per heavy atom. The Morgan fingerprint density at radius 2 is 2.06 bits per heavy atom. The molecule has 0 aromatic heterocycles. The standard InChI is InChI=1S/C14H22ClNO/c1-10(2)6-5-7-16-13-8-11(3)12(15)9-14(13)17-4/h8-10,16H,5-7H2,1-4H3. The van der Waals surface area contributed by atoms with Crippen molar-refractivity contribution >= 4 is 17.3 Å². The van der Waals surface area contributed by atoms with Crippen molar-refractivity contribution in [2.75, 3.05) is 19.0 Å². The number of halogens is 1. The molecule has 1 aromatic rings. The molecule has 0 bridgehead atoms. The van der Waals surface area contributed by atoms with Gasteiger partial charge in [0.05, 0.1) is 12.8 Å². The highest BCUT2D eigenvalue weighted by atomic mass is 35.5. The van der Waals surface area contributed by atoms with Crippen molar-refractivity contribution in [3.63, 3.8) is 0 Å². The predicted octanol–water partition coefficient (Wildman–Crippen LogP) is 4.51. The van der Waals surface area contributed by atoms with Gasteiger partial charge in [-0.1, -0.05) is 25.4 Å². The van der Waals surface area contributed by atoms with Crippen LogP contribution in [0.2, 0.25) is 5.02 Å². The lowest BCUT2D eigenvalue weighted by atomic mass is 10.1. The van der Waals surface area contributed by atoms with Gasteiger partial charge in [-0.2, -0.15) is 0 Å². The first-order valence-corrected chi connectivity index (χ1v) is 6.50. The molecule has 0 saturated carbocycles. The first-order valence-electron chi connectivity index (χ1n) is 6.12. The Hall–Kier alpha value is -0.890. The van der Waals surface area contributed by atoms with Crippen molar-refractivity contribution in [2.45, 2.75) is 33.6 Å². The van der Waals surface area contributed by atoms with Crippen LogP contribution in [0, 0.1) is 12.8 Å². The summed E-state index contributed by atoms with van der Waals surface area (Å²) in [5.74, 6) is 1.57. The molecule has 0 amide bonds. The third-order valence-electron chi connectivity index (χ3n) is 2.75. The Bertz CT molecular complexity index is 363. The highest BCUT2D eigenvalue weighted by molar-refractivity contribution is 6.31. The number of benzene rings is 1. The minimum absolute atomic E-state index is 0.745. The van der Waals surface area contributed by atoms with Gasteiger partial charge in [0.25, 0.3) is 0 Å². The van der Waals surface area contributed by atoms with Crippen LogP contribution in [0.1, 0.15) is 32.3 Å². The summed E-state index contributed by atoms with van der Waals surface area (Å²) in [4.78, 5) is 0. The number of nitrogens with one attached hydrogen (secondary N) is 1. The fourth-order valence-electron chi connectivity index (χ4n) is 1.70. The van der Waals surface area contributed by atoms with Crippen LogP contribution in [0.4, 0.5) is 5.69 Å². The van der Waals surface area contributed by atoms with E-state index in [9.17, 15) is 0 Å². The molecule has 0 aliphatic carbocycles. The molecule has 0 spiro atoms. The van der Waals surface area contributed by atoms with E-state index in [1.54, 1.807) is 7.11 Å². The van der Waals surface area contributed by atoms with Gasteiger partial charge in [0, 0.05) is 17.6 Å². The summed E-state index contributed by atoms with van der Waals surface area (Å²) in [6, 6.07) is 3.90. The van der Waals surface area contributed by atoms with Crippen molar-refractivity contribution in [1.29, 1.82) is 0 Å². The molecule has 0 aliphatic heterocycles. The molecule has 1 aromatic carbocycles. The van der Waals surface area contributed by atoms with E-state index in [1.165, 1.54) is 12.8 Å². The average Bonchev–Trinajstić information content (AvgIpc) is 2.28. The summed E-state index contributed by atoms with van der Waals surface area (Å²) in [7, 11) is 1.67. The van der Waals surface area contributed by atoms with Crippen LogP contribution < -0.4 is 10.1 Å². The number of anilines is 1. The van der Waals surface area contributed by atoms with Crippen molar-refractivity contribution in [1.82, 2.24) is 0 Å². The molecule has 1 rings (SSSR count). The number of rotatable bonds is 6. The number of hydrogen-bond acceptors (Lipinski definition) is 2. The van der Waals surface area contributed by atoms with Gasteiger partial charge in [-0.3, -0.25) is 0 Å². The largest absolute Gasteiger partial charge is 0.495 e. The number of hydrogen-bond donors (Lipinski definition) is 1. The van der Waals surface area contributed by atoms with Crippen LogP contribution in [-0.4, -0.2) is 13.7 Å². The zero-order valence-corrected chi connectivity index (χ0v) is 11.9. The predicted molar refractivity (Wildman–Crippen MR) is 75.3 cm³/mol. The van der Waals surface area contributed by atoms with Gasteiger partial charge in [-0.15, -0.1) is 0 Å². The molecule has 0 aliphatic rings. The summed E-state index contributed by atoms with van der Waals surface area (Å²) in [6.45, 7) is 7.46. The number of methoxy groups -OCH3 is 1. The van der Waals surface area contributed by atoms with Crippen LogP contribution in [0.25, 0.3) is 0 Å². The van der Waals surface area contributed by atoms with Gasteiger partial charge in [0.1, 0.15) is 5.75 Å². The number of ether oxygens (including phenoxy) is 1. The molecule has 3 heteroatoms. The van der Waals surface area contributed by atoms with Crippen molar-refractivity contribution in [3.05, 3.63) is 22.7 Å². The van der Waals surface area contributed by atoms with Gasteiger partial charge in [-0.05, 0) is 37.3 Å². The van der Waals surface area contributed by atoms with Gasteiger partial charge >= 0.3 is 0 Å². The molecule has 0 heterocycles. The van der Waals surface area contributed by atoms with Gasteiger partial charge in [0.2, 0.25) is 0 Å². The molecular formula is C14H22ClNO. The molecule has 96 valence electrons. The van der Waals surface area contributed by atoms with Crippen molar-refractivity contribution in [2.24, 2.45) is 5.92 Å². The second-order valence-electron chi connectivity index (χ2n) is 4.76. The fraction of sp³-hybridized carbons (Fsp3) is 0.571. The molecule has 0 unspecified atom stereocenters. The van der Waals surface area contributed by atoms with E-state index in [0.29, 0.717) is 0 Å². The van der Waals surface area contributed by atoms with E-state index in [-0.39, 0.29) is 0 Å². The van der Waals surface area contributed by atoms with E-state index in [2.05, 4.69) is 19.2 Å². The highest BCUT2D eigenvalue weighted by Gasteiger charge is 2.06. The van der Waals surface area contributed by atoms with Crippen LogP contribution >= 0.6 is 11.6 Å². The molecule has 17 heavy (non-hydrogen) atoms. The highest BCUT2D eigenvalue weighted by Crippen LogP contribution is 2.30. The van der Waals surface area contributed by atoms with E-state index in [4.69, 9.17) is 16.3 Å². The van der Waals surface area contributed by atoms with Gasteiger partial charge in [0.15, 0.2) is 0 Å². The molecule has 2 nitrogen and oxygen atoms in total. The Balaban J connectivity index is 2.60. The maximum atomic E-state index is 6.06. The average molecular weight is 256 g/mol. The van der Waals surface area contributed by atoms with Crippen LogP contribution in [0.15, 0.2) is 12.1 Å². The SMILES string of the molecule is COc1cc(Cl)c(C)cc1NCCCC(C)C. The summed E-state index contributed by atoms with van der Waals surface area (Å²) in [5, 5.41) is 4.15. The Morgan fingerprint density at radius 1 is 1.35 bits per heavy atom. The van der Waals surface area contributed by atoms with Gasteiger partial charge < -0.3 is 10.1 Å². The van der Waals surface area contributed by atoms with Crippen LogP contribution in [-0.2, 0) is 0 Å². The summed E-state index contributed by atoms with van der Waals surface area (Å²) < 4.78 is 5.31. The monoisotopic (exact) mass is 255 g/mol. The minimum Gasteiger partial charge on any atom is -0.495 e. The molecule has 0 saturated heterocycles. The Labute approximate surface area is 109 Å². The van der Waals surface area contributed by atoms with Crippen LogP contribution in [0.5, 0.6) is 5.75 Å². The normalized spacial score (nSPS) is 10.7. The Kier molecular flexibility index (Phi) is 5.63. The minimum atomic E-state index is 0.745. The summed E-state index contributed by atoms with van der Waals surface area (Å²) >= 11 is 6.06. The van der Waals surface area contributed by atoms with Crippen molar-refractivity contribution < 1.29 is 4.74 Å². The zero-order valence-electron chi connectivity index (χ0n) is 11.1. The number of aryl methyl sites for hydroxylation is 1. The maximum Gasteiger partial charge on any atom is 0.143 e. The fourth-order valence-corrected chi connectivity index (χ4v) is 1.86. The second kappa shape index (κ2) is 6.75. The maximum absolute atomic E-state index is 6.06. The molecule has 0 radical (unpaired) electrons. The quantitative estimate of drug-likeness (QED) is 0.756. The lowest BCUT2D eigenvalue weighted by Gasteiger charge is -2.13. The third kappa shape index (κ3) is 4.47. The van der Waals surface area contributed by atoms with Crippen LogP contribution in [0.3, 0.4) is 0 Å².